The summed E-state index contributed by atoms with van der Waals surface area (Å²) in [6.45, 7) is 6.43. The van der Waals surface area contributed by atoms with Crippen molar-refractivity contribution < 1.29 is 9.59 Å². The van der Waals surface area contributed by atoms with E-state index in [2.05, 4.69) is 11.4 Å². The molecule has 31 heavy (non-hydrogen) atoms. The zero-order chi connectivity index (χ0) is 21.8. The lowest BCUT2D eigenvalue weighted by Gasteiger charge is -2.44. The van der Waals surface area contributed by atoms with Gasteiger partial charge in [-0.1, -0.05) is 25.3 Å². The SMILES string of the molecule is Cc1cc(C)cc(N2C(=O)c3cc4ccsc4n3C[C@@]2(C)C(=O)NC2CCCCC2)c1. The highest BCUT2D eigenvalue weighted by Gasteiger charge is 2.49. The van der Waals surface area contributed by atoms with Gasteiger partial charge in [0.05, 0.1) is 6.54 Å². The van der Waals surface area contributed by atoms with Crippen LogP contribution in [0.3, 0.4) is 0 Å². The largest absolute Gasteiger partial charge is 0.351 e. The number of anilines is 1. The van der Waals surface area contributed by atoms with Gasteiger partial charge in [-0.3, -0.25) is 14.5 Å². The van der Waals surface area contributed by atoms with Crippen molar-refractivity contribution in [3.05, 3.63) is 52.5 Å². The molecule has 1 atom stereocenters. The van der Waals surface area contributed by atoms with Gasteiger partial charge in [0.25, 0.3) is 5.91 Å². The Morgan fingerprint density at radius 3 is 2.52 bits per heavy atom. The van der Waals surface area contributed by atoms with Gasteiger partial charge in [-0.25, -0.2) is 0 Å². The molecule has 3 heterocycles. The average molecular weight is 436 g/mol. The Kier molecular flexibility index (Phi) is 4.93. The van der Waals surface area contributed by atoms with Crippen LogP contribution in [0.4, 0.5) is 5.69 Å². The van der Waals surface area contributed by atoms with E-state index in [-0.39, 0.29) is 17.9 Å². The first-order valence-electron chi connectivity index (χ1n) is 11.2. The first-order valence-corrected chi connectivity index (χ1v) is 12.1. The molecular formula is C25H29N3O2S. The summed E-state index contributed by atoms with van der Waals surface area (Å²) >= 11 is 1.62. The maximum absolute atomic E-state index is 13.8. The van der Waals surface area contributed by atoms with Crippen LogP contribution in [0.1, 0.15) is 60.6 Å². The third kappa shape index (κ3) is 3.37. The van der Waals surface area contributed by atoms with Crippen molar-refractivity contribution in [2.24, 2.45) is 0 Å². The zero-order valence-electron chi connectivity index (χ0n) is 18.4. The molecule has 6 heteroatoms. The number of carbonyl (C=O) groups excluding carboxylic acids is 2. The highest BCUT2D eigenvalue weighted by Crippen LogP contribution is 2.38. The zero-order valence-corrected chi connectivity index (χ0v) is 19.2. The van der Waals surface area contributed by atoms with Gasteiger partial charge in [-0.15, -0.1) is 11.3 Å². The minimum atomic E-state index is -1.00. The van der Waals surface area contributed by atoms with Crippen LogP contribution in [0.15, 0.2) is 35.7 Å². The lowest BCUT2D eigenvalue weighted by Crippen LogP contribution is -2.65. The molecule has 2 aliphatic rings. The summed E-state index contributed by atoms with van der Waals surface area (Å²) in [7, 11) is 0. The van der Waals surface area contributed by atoms with Crippen LogP contribution in [0.2, 0.25) is 0 Å². The number of hydrogen-bond donors (Lipinski definition) is 1. The number of amides is 2. The first kappa shape index (κ1) is 20.3. The van der Waals surface area contributed by atoms with E-state index < -0.39 is 5.54 Å². The second-order valence-corrected chi connectivity index (χ2v) is 10.3. The van der Waals surface area contributed by atoms with Crippen molar-refractivity contribution in [1.29, 1.82) is 0 Å². The van der Waals surface area contributed by atoms with Crippen LogP contribution in [-0.4, -0.2) is 28.0 Å². The normalized spacial score (nSPS) is 22.0. The Morgan fingerprint density at radius 1 is 1.10 bits per heavy atom. The van der Waals surface area contributed by atoms with Crippen LogP contribution >= 0.6 is 11.3 Å². The lowest BCUT2D eigenvalue weighted by molar-refractivity contribution is -0.127. The quantitative estimate of drug-likeness (QED) is 0.616. The van der Waals surface area contributed by atoms with Gasteiger partial charge in [-0.2, -0.15) is 0 Å². The minimum Gasteiger partial charge on any atom is -0.351 e. The number of aromatic nitrogens is 1. The molecule has 1 aromatic carbocycles. The molecule has 5 nitrogen and oxygen atoms in total. The summed E-state index contributed by atoms with van der Waals surface area (Å²) in [6.07, 6.45) is 5.57. The number of aryl methyl sites for hydroxylation is 2. The van der Waals surface area contributed by atoms with E-state index in [1.54, 1.807) is 16.2 Å². The van der Waals surface area contributed by atoms with Gasteiger partial charge in [-0.05, 0) is 74.4 Å². The highest BCUT2D eigenvalue weighted by molar-refractivity contribution is 7.16. The Hall–Kier alpha value is -2.60. The fraction of sp³-hybridized carbons (Fsp3) is 0.440. The van der Waals surface area contributed by atoms with Crippen LogP contribution < -0.4 is 10.2 Å². The molecule has 162 valence electrons. The number of fused-ring (bicyclic) bond motifs is 3. The molecule has 0 unspecified atom stereocenters. The van der Waals surface area contributed by atoms with Gasteiger partial charge < -0.3 is 9.88 Å². The highest BCUT2D eigenvalue weighted by atomic mass is 32.1. The first-order chi connectivity index (χ1) is 14.9. The predicted molar refractivity (Wildman–Crippen MR) is 126 cm³/mol. The summed E-state index contributed by atoms with van der Waals surface area (Å²) in [5.41, 5.74) is 2.61. The number of thiophene rings is 1. The number of benzene rings is 1. The number of carbonyl (C=O) groups is 2. The topological polar surface area (TPSA) is 54.3 Å². The third-order valence-corrected chi connectivity index (χ3v) is 7.73. The molecule has 2 aromatic heterocycles. The minimum absolute atomic E-state index is 0.0593. The Labute approximate surface area is 187 Å². The van der Waals surface area contributed by atoms with E-state index in [1.165, 1.54) is 6.42 Å². The van der Waals surface area contributed by atoms with Gasteiger partial charge in [0.1, 0.15) is 16.1 Å². The molecule has 0 bridgehead atoms. The second kappa shape index (κ2) is 7.52. The molecule has 0 radical (unpaired) electrons. The van der Waals surface area contributed by atoms with Crippen LogP contribution in [0.5, 0.6) is 0 Å². The lowest BCUT2D eigenvalue weighted by atomic mass is 9.90. The Morgan fingerprint density at radius 2 is 1.81 bits per heavy atom. The van der Waals surface area contributed by atoms with E-state index in [9.17, 15) is 9.59 Å². The number of nitrogens with one attached hydrogen (secondary N) is 1. The van der Waals surface area contributed by atoms with E-state index in [0.717, 1.165) is 52.7 Å². The van der Waals surface area contributed by atoms with Crippen molar-refractivity contribution in [2.45, 2.75) is 71.0 Å². The molecule has 1 aliphatic carbocycles. The summed E-state index contributed by atoms with van der Waals surface area (Å²) in [5.74, 6) is -0.170. The van der Waals surface area contributed by atoms with Crippen molar-refractivity contribution in [3.8, 4) is 0 Å². The van der Waals surface area contributed by atoms with Crippen molar-refractivity contribution in [3.63, 3.8) is 0 Å². The monoisotopic (exact) mass is 435 g/mol. The molecule has 0 saturated heterocycles. The molecule has 3 aromatic rings. The van der Waals surface area contributed by atoms with Gasteiger partial charge in [0, 0.05) is 17.1 Å². The summed E-state index contributed by atoms with van der Waals surface area (Å²) in [6, 6.07) is 10.3. The fourth-order valence-corrected chi connectivity index (χ4v) is 6.17. The molecule has 1 aliphatic heterocycles. The molecule has 1 saturated carbocycles. The third-order valence-electron chi connectivity index (χ3n) is 6.78. The Balaban J connectivity index is 1.62. The summed E-state index contributed by atoms with van der Waals surface area (Å²) in [5, 5.41) is 6.40. The molecule has 5 rings (SSSR count). The van der Waals surface area contributed by atoms with Crippen molar-refractivity contribution in [2.75, 3.05) is 4.90 Å². The number of hydrogen-bond acceptors (Lipinski definition) is 3. The Bertz CT molecular complexity index is 1150. The standard InChI is InChI=1S/C25H29N3O2S/c1-16-11-17(2)13-20(12-16)28-22(29)21-14-18-9-10-31-23(18)27(21)15-25(28,3)24(30)26-19-7-5-4-6-8-19/h9-14,19H,4-8,15H2,1-3H3,(H,26,30)/t25-/m0/s1. The number of nitrogens with zero attached hydrogens (tertiary/aromatic N) is 2. The predicted octanol–water partition coefficient (Wildman–Crippen LogP) is 5.19. The van der Waals surface area contributed by atoms with E-state index in [0.29, 0.717) is 12.2 Å². The van der Waals surface area contributed by atoms with Crippen molar-refractivity contribution in [1.82, 2.24) is 9.88 Å². The molecular weight excluding hydrogens is 406 g/mol. The molecule has 0 spiro atoms. The number of rotatable bonds is 3. The van der Waals surface area contributed by atoms with Crippen LogP contribution in [0.25, 0.3) is 10.2 Å². The van der Waals surface area contributed by atoms with Crippen LogP contribution in [-0.2, 0) is 11.3 Å². The van der Waals surface area contributed by atoms with E-state index >= 15 is 0 Å². The maximum Gasteiger partial charge on any atom is 0.275 e. The summed E-state index contributed by atoms with van der Waals surface area (Å²) in [4.78, 5) is 30.4. The maximum atomic E-state index is 13.8. The van der Waals surface area contributed by atoms with E-state index in [1.807, 2.05) is 55.0 Å². The van der Waals surface area contributed by atoms with Gasteiger partial charge >= 0.3 is 0 Å². The van der Waals surface area contributed by atoms with E-state index in [4.69, 9.17) is 0 Å². The van der Waals surface area contributed by atoms with Gasteiger partial charge in [0.15, 0.2) is 0 Å². The van der Waals surface area contributed by atoms with Crippen molar-refractivity contribution >= 4 is 39.1 Å². The second-order valence-electron chi connectivity index (χ2n) is 9.37. The molecule has 1 N–H and O–H groups in total. The van der Waals surface area contributed by atoms with Gasteiger partial charge in [0.2, 0.25) is 5.91 Å². The molecule has 2 amide bonds. The smallest absolute Gasteiger partial charge is 0.275 e. The summed E-state index contributed by atoms with van der Waals surface area (Å²) < 4.78 is 2.04. The fourth-order valence-electron chi connectivity index (χ4n) is 5.27. The average Bonchev–Trinajstić information content (AvgIpc) is 3.30. The molecule has 1 fully saturated rings. The van der Waals surface area contributed by atoms with Crippen LogP contribution in [0, 0.1) is 13.8 Å².